The lowest BCUT2D eigenvalue weighted by Crippen LogP contribution is -2.21. The van der Waals surface area contributed by atoms with E-state index in [1.54, 1.807) is 0 Å². The minimum Gasteiger partial charge on any atom is -0.372 e. The van der Waals surface area contributed by atoms with Crippen LogP contribution in [0.4, 0.5) is 10.1 Å². The summed E-state index contributed by atoms with van der Waals surface area (Å²) in [7, 11) is -3.53. The van der Waals surface area contributed by atoms with Gasteiger partial charge in [0.05, 0.1) is 23.5 Å². The molecule has 0 aliphatic carbocycles. The number of rotatable bonds is 4. The van der Waals surface area contributed by atoms with E-state index < -0.39 is 15.8 Å². The normalized spacial score (nSPS) is 14.2. The van der Waals surface area contributed by atoms with Gasteiger partial charge in [0.2, 0.25) is 10.0 Å². The third-order valence-corrected chi connectivity index (χ3v) is 4.72. The average molecular weight is 421 g/mol. The SMILES string of the molecule is CS(=O)(=O)Nc1cc(F)c(CC2=NCCN2)c(Br)c1Cl.Cl. The van der Waals surface area contributed by atoms with E-state index in [1.807, 2.05) is 0 Å². The highest BCUT2D eigenvalue weighted by molar-refractivity contribution is 9.10. The molecule has 0 spiro atoms. The Kier molecular flexibility index (Phi) is 6.27. The number of amidine groups is 1. The van der Waals surface area contributed by atoms with Crippen LogP contribution in [0.1, 0.15) is 5.56 Å². The van der Waals surface area contributed by atoms with Crippen molar-refractivity contribution in [3.05, 3.63) is 26.9 Å². The number of anilines is 1. The van der Waals surface area contributed by atoms with E-state index in [4.69, 9.17) is 11.6 Å². The van der Waals surface area contributed by atoms with Gasteiger partial charge >= 0.3 is 0 Å². The van der Waals surface area contributed by atoms with Crippen molar-refractivity contribution in [1.82, 2.24) is 5.32 Å². The van der Waals surface area contributed by atoms with E-state index in [2.05, 4.69) is 31.0 Å². The van der Waals surface area contributed by atoms with Crippen molar-refractivity contribution in [3.8, 4) is 0 Å². The highest BCUT2D eigenvalue weighted by Crippen LogP contribution is 2.36. The molecule has 1 aromatic rings. The van der Waals surface area contributed by atoms with Crippen molar-refractivity contribution in [2.24, 2.45) is 4.99 Å². The molecule has 10 heteroatoms. The van der Waals surface area contributed by atoms with Crippen LogP contribution in [0, 0.1) is 5.82 Å². The Hall–Kier alpha value is -0.570. The summed E-state index contributed by atoms with van der Waals surface area (Å²) >= 11 is 9.27. The summed E-state index contributed by atoms with van der Waals surface area (Å²) in [6.45, 7) is 1.39. The highest BCUT2D eigenvalue weighted by atomic mass is 79.9. The molecule has 5 nitrogen and oxygen atoms in total. The second-order valence-electron chi connectivity index (χ2n) is 4.32. The molecule has 21 heavy (non-hydrogen) atoms. The van der Waals surface area contributed by atoms with Gasteiger partial charge in [-0.2, -0.15) is 0 Å². The summed E-state index contributed by atoms with van der Waals surface area (Å²) in [5, 5.41) is 3.16. The number of nitrogens with zero attached hydrogens (tertiary/aromatic N) is 1. The molecule has 0 fully saturated rings. The van der Waals surface area contributed by atoms with Gasteiger partial charge in [-0.1, -0.05) is 11.6 Å². The third kappa shape index (κ3) is 4.70. The molecular weight excluding hydrogens is 408 g/mol. The van der Waals surface area contributed by atoms with Gasteiger partial charge < -0.3 is 5.32 Å². The number of nitrogens with one attached hydrogen (secondary N) is 2. The van der Waals surface area contributed by atoms with Gasteiger partial charge in [0.1, 0.15) is 11.7 Å². The molecular formula is C11H13BrCl2FN3O2S. The Morgan fingerprint density at radius 3 is 2.76 bits per heavy atom. The maximum Gasteiger partial charge on any atom is 0.229 e. The molecule has 0 radical (unpaired) electrons. The lowest BCUT2D eigenvalue weighted by molar-refractivity contribution is 0.606. The van der Waals surface area contributed by atoms with Crippen LogP contribution in [0.15, 0.2) is 15.5 Å². The predicted octanol–water partition coefficient (Wildman–Crippen LogP) is 2.58. The van der Waals surface area contributed by atoms with E-state index in [-0.39, 0.29) is 29.5 Å². The molecule has 1 aromatic carbocycles. The Morgan fingerprint density at radius 1 is 1.57 bits per heavy atom. The van der Waals surface area contributed by atoms with Crippen LogP contribution in [0.2, 0.25) is 5.02 Å². The maximum atomic E-state index is 14.1. The summed E-state index contributed by atoms with van der Waals surface area (Å²) < 4.78 is 39.0. The zero-order chi connectivity index (χ0) is 14.9. The van der Waals surface area contributed by atoms with E-state index in [9.17, 15) is 12.8 Å². The summed E-state index contributed by atoms with van der Waals surface area (Å²) in [6, 6.07) is 1.07. The number of aliphatic imine (C=N–C) groups is 1. The van der Waals surface area contributed by atoms with E-state index >= 15 is 0 Å². The Labute approximate surface area is 141 Å². The number of halogens is 4. The fourth-order valence-electron chi connectivity index (χ4n) is 1.80. The second-order valence-corrected chi connectivity index (χ2v) is 7.24. The lowest BCUT2D eigenvalue weighted by Gasteiger charge is -2.13. The van der Waals surface area contributed by atoms with Crippen LogP contribution >= 0.6 is 39.9 Å². The van der Waals surface area contributed by atoms with Crippen LogP contribution in [0.3, 0.4) is 0 Å². The molecule has 0 aromatic heterocycles. The number of sulfonamides is 1. The predicted molar refractivity (Wildman–Crippen MR) is 88.8 cm³/mol. The summed E-state index contributed by atoms with van der Waals surface area (Å²) in [5.41, 5.74) is 0.339. The largest absolute Gasteiger partial charge is 0.372 e. The number of hydrogen-bond donors (Lipinski definition) is 2. The highest BCUT2D eigenvalue weighted by Gasteiger charge is 2.19. The van der Waals surface area contributed by atoms with Crippen LogP contribution in [-0.4, -0.2) is 33.6 Å². The first-order valence-electron chi connectivity index (χ1n) is 5.69. The molecule has 0 atom stereocenters. The zero-order valence-electron chi connectivity index (χ0n) is 10.9. The minimum absolute atomic E-state index is 0. The topological polar surface area (TPSA) is 70.6 Å². The smallest absolute Gasteiger partial charge is 0.229 e. The Morgan fingerprint density at radius 2 is 2.24 bits per heavy atom. The molecule has 1 aliphatic rings. The van der Waals surface area contributed by atoms with E-state index in [0.717, 1.165) is 18.9 Å². The Bertz CT molecular complexity index is 683. The minimum atomic E-state index is -3.53. The standard InChI is InChI=1S/C11H12BrClFN3O2S.ClH/c1-20(18,19)17-8-5-7(14)6(10(12)11(8)13)4-9-15-2-3-16-9;/h5,17H,2-4H2,1H3,(H,15,16);1H. The van der Waals surface area contributed by atoms with Crippen LogP contribution in [0.25, 0.3) is 0 Å². The van der Waals surface area contributed by atoms with Gasteiger partial charge in [0.15, 0.2) is 0 Å². The molecule has 0 saturated heterocycles. The van der Waals surface area contributed by atoms with Gasteiger partial charge in [-0.3, -0.25) is 9.71 Å². The quantitative estimate of drug-likeness (QED) is 0.735. The third-order valence-electron chi connectivity index (χ3n) is 2.64. The molecule has 0 bridgehead atoms. The van der Waals surface area contributed by atoms with Gasteiger partial charge in [-0.05, 0) is 22.0 Å². The van der Waals surface area contributed by atoms with E-state index in [0.29, 0.717) is 22.4 Å². The summed E-state index contributed by atoms with van der Waals surface area (Å²) in [5.74, 6) is 0.133. The molecule has 118 valence electrons. The van der Waals surface area contributed by atoms with Crippen LogP contribution in [-0.2, 0) is 16.4 Å². The molecule has 1 heterocycles. The van der Waals surface area contributed by atoms with Gasteiger partial charge in [0, 0.05) is 23.0 Å². The molecule has 0 amide bonds. The number of hydrogen-bond acceptors (Lipinski definition) is 4. The van der Waals surface area contributed by atoms with Crippen molar-refractivity contribution < 1.29 is 12.8 Å². The van der Waals surface area contributed by atoms with Crippen molar-refractivity contribution in [3.63, 3.8) is 0 Å². The van der Waals surface area contributed by atoms with Crippen LogP contribution < -0.4 is 10.0 Å². The van der Waals surface area contributed by atoms with Crippen molar-refractivity contribution in [2.45, 2.75) is 6.42 Å². The number of benzene rings is 1. The molecule has 2 N–H and O–H groups in total. The molecule has 2 rings (SSSR count). The van der Waals surface area contributed by atoms with Gasteiger partial charge in [-0.25, -0.2) is 12.8 Å². The second kappa shape index (κ2) is 7.13. The monoisotopic (exact) mass is 419 g/mol. The van der Waals surface area contributed by atoms with E-state index in [1.165, 1.54) is 0 Å². The first-order valence-corrected chi connectivity index (χ1v) is 8.75. The van der Waals surface area contributed by atoms with Gasteiger partial charge in [-0.15, -0.1) is 12.4 Å². The molecule has 0 unspecified atom stereocenters. The molecule has 1 aliphatic heterocycles. The summed E-state index contributed by atoms with van der Waals surface area (Å²) in [4.78, 5) is 4.19. The van der Waals surface area contributed by atoms with Crippen molar-refractivity contribution >= 4 is 61.5 Å². The fourth-order valence-corrected chi connectivity index (χ4v) is 3.18. The average Bonchev–Trinajstić information content (AvgIpc) is 2.82. The zero-order valence-corrected chi connectivity index (χ0v) is 14.9. The lowest BCUT2D eigenvalue weighted by atomic mass is 10.1. The van der Waals surface area contributed by atoms with Crippen LogP contribution in [0.5, 0.6) is 0 Å². The fraction of sp³-hybridized carbons (Fsp3) is 0.364. The van der Waals surface area contributed by atoms with Gasteiger partial charge in [0.25, 0.3) is 0 Å². The summed E-state index contributed by atoms with van der Waals surface area (Å²) in [6.07, 6.45) is 1.24. The first kappa shape index (κ1) is 18.5. The first-order chi connectivity index (χ1) is 9.28. The Balaban J connectivity index is 0.00000220. The maximum absolute atomic E-state index is 14.1. The molecule has 0 saturated carbocycles. The van der Waals surface area contributed by atoms with Crippen molar-refractivity contribution in [1.29, 1.82) is 0 Å². The van der Waals surface area contributed by atoms with Crippen molar-refractivity contribution in [2.75, 3.05) is 24.1 Å².